The number of carbonyl (C=O) groups excluding carboxylic acids is 1. The first kappa shape index (κ1) is 21.0. The van der Waals surface area contributed by atoms with Crippen LogP contribution >= 0.6 is 0 Å². The molecule has 1 aliphatic heterocycles. The summed E-state index contributed by atoms with van der Waals surface area (Å²) in [7, 11) is 16.5. The van der Waals surface area contributed by atoms with Crippen molar-refractivity contribution in [2.24, 2.45) is 7.05 Å². The van der Waals surface area contributed by atoms with Crippen LogP contribution in [0.3, 0.4) is 0 Å². The lowest BCUT2D eigenvalue weighted by molar-refractivity contribution is -0.00587. The normalized spacial score (nSPS) is 21.8. The fraction of sp³-hybridized carbons (Fsp3) is 0.381. The second-order valence-electron chi connectivity index (χ2n) is 8.74. The van der Waals surface area contributed by atoms with Crippen LogP contribution < -0.4 is 16.0 Å². The van der Waals surface area contributed by atoms with Gasteiger partial charge in [0.25, 0.3) is 5.91 Å². The molecule has 11 nitrogen and oxygen atoms in total. The van der Waals surface area contributed by atoms with Crippen molar-refractivity contribution in [2.75, 3.05) is 17.7 Å². The van der Waals surface area contributed by atoms with Gasteiger partial charge in [0.05, 0.1) is 24.0 Å². The van der Waals surface area contributed by atoms with Gasteiger partial charge < -0.3 is 20.7 Å². The third-order valence-corrected chi connectivity index (χ3v) is 6.39. The monoisotopic (exact) mass is 453 g/mol. The zero-order chi connectivity index (χ0) is 23.6. The Balaban J connectivity index is 1.60. The van der Waals surface area contributed by atoms with Crippen molar-refractivity contribution < 1.29 is 9.53 Å². The maximum absolute atomic E-state index is 13.2. The Labute approximate surface area is 197 Å². The first-order chi connectivity index (χ1) is 16.3. The highest BCUT2D eigenvalue weighted by Crippen LogP contribution is 2.34. The quantitative estimate of drug-likeness (QED) is 0.364. The number of amides is 1. The van der Waals surface area contributed by atoms with E-state index < -0.39 is 5.40 Å². The summed E-state index contributed by atoms with van der Waals surface area (Å²) in [5, 5.41) is 21.1. The summed E-state index contributed by atoms with van der Waals surface area (Å²) in [5.41, 5.74) is 3.12. The number of nitrogens with one attached hydrogen (secondary N) is 3. The van der Waals surface area contributed by atoms with E-state index in [2.05, 4.69) is 31.2 Å². The fourth-order valence-corrected chi connectivity index (χ4v) is 4.74. The highest BCUT2D eigenvalue weighted by molar-refractivity contribution is 6.39. The molecule has 4 radical (unpaired) electrons. The molecular weight excluding hydrogens is 432 g/mol. The van der Waals surface area contributed by atoms with Crippen LogP contribution in [0, 0.1) is 0 Å². The molecule has 0 unspecified atom stereocenters. The molecule has 1 aliphatic carbocycles. The minimum absolute atomic E-state index is 0.248. The summed E-state index contributed by atoms with van der Waals surface area (Å²) in [6.07, 6.45) is 3.51. The fourth-order valence-electron chi connectivity index (χ4n) is 4.74. The Hall–Kier alpha value is -3.60. The topological polar surface area (TPSA) is 123 Å². The first-order valence-corrected chi connectivity index (χ1v) is 11.1. The van der Waals surface area contributed by atoms with Crippen LogP contribution in [0.4, 0.5) is 17.3 Å². The van der Waals surface area contributed by atoms with Gasteiger partial charge in [0.2, 0.25) is 0 Å². The van der Waals surface area contributed by atoms with Gasteiger partial charge in [0.15, 0.2) is 5.65 Å². The Morgan fingerprint density at radius 2 is 2.09 bits per heavy atom. The van der Waals surface area contributed by atoms with E-state index in [4.69, 9.17) is 25.4 Å². The van der Waals surface area contributed by atoms with Crippen molar-refractivity contribution in [3.63, 3.8) is 0 Å². The molecule has 0 saturated heterocycles. The lowest BCUT2D eigenvalue weighted by atomic mass is 9.61. The lowest BCUT2D eigenvalue weighted by Gasteiger charge is -2.34. The van der Waals surface area contributed by atoms with Gasteiger partial charge in [-0.05, 0) is 37.0 Å². The van der Waals surface area contributed by atoms with Crippen LogP contribution in [-0.4, -0.2) is 70.4 Å². The second kappa shape index (κ2) is 7.45. The van der Waals surface area contributed by atoms with Gasteiger partial charge in [0, 0.05) is 25.6 Å². The predicted molar refractivity (Wildman–Crippen MR) is 127 cm³/mol. The van der Waals surface area contributed by atoms with Gasteiger partial charge >= 0.3 is 0 Å². The van der Waals surface area contributed by atoms with Crippen molar-refractivity contribution >= 4 is 55.6 Å². The average molecular weight is 453 g/mol. The van der Waals surface area contributed by atoms with Crippen LogP contribution in [0.5, 0.6) is 0 Å². The number of nitrogens with zero attached hydrogens (tertiary/aromatic N) is 6. The Kier molecular flexibility index (Phi) is 4.60. The molecule has 34 heavy (non-hydrogen) atoms. The van der Waals surface area contributed by atoms with Crippen LogP contribution in [0.1, 0.15) is 35.2 Å². The van der Waals surface area contributed by atoms with Crippen molar-refractivity contribution in [3.8, 4) is 0 Å². The Bertz CT molecular complexity index is 1450. The molecule has 1 fully saturated rings. The highest BCUT2D eigenvalue weighted by Gasteiger charge is 2.36. The van der Waals surface area contributed by atoms with Gasteiger partial charge in [-0.2, -0.15) is 24.6 Å². The number of hydrogen-bond acceptors (Lipinski definition) is 8. The highest BCUT2D eigenvalue weighted by atomic mass is 16.5. The number of anilines is 3. The molecule has 3 aromatic heterocycles. The van der Waals surface area contributed by atoms with Gasteiger partial charge in [-0.1, -0.05) is 0 Å². The average Bonchev–Trinajstić information content (AvgIpc) is 3.50. The molecule has 1 saturated carbocycles. The van der Waals surface area contributed by atoms with E-state index in [1.807, 2.05) is 0 Å². The standard InChI is InChI=1S/C21H21B2N9O2/c1-24-17-8-16-26-13-6-10(7-14-18(13)30-31(2)29-14)21(22,23)34-15-5-3-4-12(15)27-20(33)11-9-25-32(17)19(11)28-16/h6-9,12,15,24H,3-5H2,1-2H3,(H,26,28)(H,27,33)/t12-,15-/m1/s1. The molecule has 6 rings (SSSR count). The number of rotatable bonds is 1. The largest absolute Gasteiger partial charge is 0.384 e. The summed E-state index contributed by atoms with van der Waals surface area (Å²) < 4.78 is 7.79. The third-order valence-electron chi connectivity index (χ3n) is 6.39. The van der Waals surface area contributed by atoms with E-state index in [0.29, 0.717) is 45.1 Å². The smallest absolute Gasteiger partial charge is 0.257 e. The molecule has 4 aromatic rings. The van der Waals surface area contributed by atoms with E-state index in [0.717, 1.165) is 19.3 Å². The molecule has 0 spiro atoms. The second-order valence-corrected chi connectivity index (χ2v) is 8.74. The van der Waals surface area contributed by atoms with E-state index in [1.54, 1.807) is 36.8 Å². The summed E-state index contributed by atoms with van der Waals surface area (Å²) in [4.78, 5) is 19.4. The number of aryl methyl sites for hydroxylation is 1. The molecular formula is C21H21B2N9O2. The number of aromatic nitrogens is 6. The minimum atomic E-state index is -1.61. The van der Waals surface area contributed by atoms with Gasteiger partial charge in [-0.25, -0.2) is 4.98 Å². The predicted octanol–water partition coefficient (Wildman–Crippen LogP) is 0.925. The number of hydrogen-bond donors (Lipinski definition) is 3. The molecule has 168 valence electrons. The van der Waals surface area contributed by atoms with Gasteiger partial charge in [-0.3, -0.25) is 4.79 Å². The van der Waals surface area contributed by atoms with Crippen LogP contribution in [0.2, 0.25) is 0 Å². The molecule has 2 aliphatic rings. The zero-order valence-electron chi connectivity index (χ0n) is 18.7. The first-order valence-electron chi connectivity index (χ1n) is 11.1. The van der Waals surface area contributed by atoms with Crippen LogP contribution in [0.15, 0.2) is 24.4 Å². The molecule has 4 heterocycles. The minimum Gasteiger partial charge on any atom is -0.384 e. The molecule has 1 amide bonds. The van der Waals surface area contributed by atoms with Crippen molar-refractivity contribution in [1.29, 1.82) is 0 Å². The molecule has 3 N–H and O–H groups in total. The lowest BCUT2D eigenvalue weighted by Crippen LogP contribution is -2.45. The van der Waals surface area contributed by atoms with E-state index in [9.17, 15) is 4.79 Å². The third kappa shape index (κ3) is 3.30. The molecule has 2 atom stereocenters. The van der Waals surface area contributed by atoms with Crippen molar-refractivity contribution in [2.45, 2.75) is 36.8 Å². The van der Waals surface area contributed by atoms with Crippen LogP contribution in [-0.2, 0) is 17.2 Å². The number of carbonyl (C=O) groups is 1. The SMILES string of the molecule is [B]C1([B])O[C@@H]2CCC[C@H]2NC(=O)c2cnn3c(NC)cc(nc23)Nc2cc1cc1nn(C)nc21. The van der Waals surface area contributed by atoms with Crippen molar-refractivity contribution in [1.82, 2.24) is 34.9 Å². The van der Waals surface area contributed by atoms with E-state index in [-0.39, 0.29) is 18.1 Å². The molecule has 13 heteroatoms. The van der Waals surface area contributed by atoms with Crippen LogP contribution in [0.25, 0.3) is 16.7 Å². The molecule has 1 aromatic carbocycles. The maximum atomic E-state index is 13.2. The zero-order valence-corrected chi connectivity index (χ0v) is 18.7. The molecule has 4 bridgehead atoms. The Morgan fingerprint density at radius 3 is 2.91 bits per heavy atom. The van der Waals surface area contributed by atoms with Crippen molar-refractivity contribution in [3.05, 3.63) is 35.5 Å². The summed E-state index contributed by atoms with van der Waals surface area (Å²) in [5.74, 6) is 0.847. The maximum Gasteiger partial charge on any atom is 0.257 e. The summed E-state index contributed by atoms with van der Waals surface area (Å²) >= 11 is 0. The summed E-state index contributed by atoms with van der Waals surface area (Å²) in [6.45, 7) is 0. The number of benzene rings is 1. The van der Waals surface area contributed by atoms with E-state index in [1.165, 1.54) is 11.0 Å². The van der Waals surface area contributed by atoms with E-state index >= 15 is 0 Å². The Morgan fingerprint density at radius 1 is 1.24 bits per heavy atom. The van der Waals surface area contributed by atoms with Gasteiger partial charge in [0.1, 0.15) is 43.9 Å². The summed E-state index contributed by atoms with van der Waals surface area (Å²) in [6, 6.07) is 5.10. The number of ether oxygens (including phenoxy) is 1. The van der Waals surface area contributed by atoms with Gasteiger partial charge in [-0.15, -0.1) is 0 Å². The number of fused-ring (bicyclic) bond motifs is 6.